The van der Waals surface area contributed by atoms with Gasteiger partial charge in [-0.1, -0.05) is 0 Å². The Hall–Kier alpha value is -1.78. The number of ether oxygens (including phenoxy) is 4. The van der Waals surface area contributed by atoms with Crippen LogP contribution >= 0.6 is 0 Å². The number of hydrogen-bond donors (Lipinski definition) is 16. The van der Waals surface area contributed by atoms with Crippen molar-refractivity contribution >= 4 is 11.8 Å². The molecule has 0 unspecified atom stereocenters. The van der Waals surface area contributed by atoms with Crippen molar-refractivity contribution < 1.29 is 59.2 Å². The molecule has 0 bridgehead atoms. The summed E-state index contributed by atoms with van der Waals surface area (Å²) >= 11 is 0. The third-order valence-corrected chi connectivity index (χ3v) is 11.1. The fraction of sp³-hybridized carbons (Fsp3) is 0.935. The van der Waals surface area contributed by atoms with Gasteiger partial charge in [0.15, 0.2) is 0 Å². The lowest BCUT2D eigenvalue weighted by molar-refractivity contribution is -0.217. The molecule has 0 aromatic rings. The van der Waals surface area contributed by atoms with Gasteiger partial charge in [0.25, 0.3) is 0 Å². The van der Waals surface area contributed by atoms with E-state index < -0.39 is 146 Å². The Morgan fingerprint density at radius 3 is 1.26 bits per heavy atom. The van der Waals surface area contributed by atoms with Crippen molar-refractivity contribution in [3.8, 4) is 0 Å². The molecular weight excluding hydrogens is 704 g/mol. The van der Waals surface area contributed by atoms with Gasteiger partial charge in [-0.05, 0) is 19.3 Å². The van der Waals surface area contributed by atoms with Crippen molar-refractivity contribution in [3.63, 3.8) is 0 Å². The topological polar surface area (TPSA) is 425 Å². The summed E-state index contributed by atoms with van der Waals surface area (Å²) in [6.45, 7) is -0.927. The molecule has 2 aliphatic heterocycles. The van der Waals surface area contributed by atoms with Gasteiger partial charge in [0.05, 0.1) is 60.9 Å². The highest BCUT2D eigenvalue weighted by Crippen LogP contribution is 2.37. The van der Waals surface area contributed by atoms with Crippen molar-refractivity contribution in [3.05, 3.63) is 0 Å². The molecule has 2 saturated carbocycles. The van der Waals surface area contributed by atoms with Crippen LogP contribution in [0.5, 0.6) is 0 Å². The predicted molar refractivity (Wildman–Crippen MR) is 186 cm³/mol. The van der Waals surface area contributed by atoms with Gasteiger partial charge >= 0.3 is 0 Å². The normalized spacial score (nSPS) is 46.5. The van der Waals surface area contributed by atoms with Crippen molar-refractivity contribution in [1.29, 1.82) is 0 Å². The third-order valence-electron chi connectivity index (χ3n) is 11.1. The van der Waals surface area contributed by atoms with Gasteiger partial charge < -0.3 is 106 Å². The summed E-state index contributed by atoms with van der Waals surface area (Å²) in [4.78, 5) is 25.4. The summed E-state index contributed by atoms with van der Waals surface area (Å²) < 4.78 is 23.5. The summed E-state index contributed by atoms with van der Waals surface area (Å²) in [6.07, 6.45) is -13.2. The van der Waals surface area contributed by atoms with Gasteiger partial charge in [-0.3, -0.25) is 9.59 Å². The molecule has 4 fully saturated rings. The number of rotatable bonds is 14. The van der Waals surface area contributed by atoms with Gasteiger partial charge in [-0.2, -0.15) is 0 Å². The minimum absolute atomic E-state index is 0.111. The van der Waals surface area contributed by atoms with E-state index in [9.17, 15) is 40.2 Å². The molecule has 0 radical (unpaired) electrons. The molecule has 0 spiro atoms. The van der Waals surface area contributed by atoms with Crippen molar-refractivity contribution in [2.75, 3.05) is 39.4 Å². The van der Waals surface area contributed by atoms with Crippen molar-refractivity contribution in [2.45, 2.75) is 129 Å². The number of carbonyl (C=O) groups excluding carboxylic acids is 2. The van der Waals surface area contributed by atoms with Crippen molar-refractivity contribution in [1.82, 2.24) is 10.6 Å². The van der Waals surface area contributed by atoms with Crippen LogP contribution in [0.15, 0.2) is 0 Å². The smallest absolute Gasteiger partial charge is 0.246 e. The lowest BCUT2D eigenvalue weighted by Crippen LogP contribution is -2.70. The van der Waals surface area contributed by atoms with E-state index in [4.69, 9.17) is 64.8 Å². The van der Waals surface area contributed by atoms with Crippen molar-refractivity contribution in [2.24, 2.45) is 57.7 Å². The summed E-state index contributed by atoms with van der Waals surface area (Å²) in [5, 5.41) is 68.8. The highest BCUT2D eigenvalue weighted by atomic mass is 16.5. The molecule has 2 heterocycles. The fourth-order valence-corrected chi connectivity index (χ4v) is 8.04. The number of hydrogen-bond acceptors (Lipinski definition) is 20. The second-order valence-corrected chi connectivity index (χ2v) is 14.7. The molecule has 2 aliphatic carbocycles. The molecule has 2 amide bonds. The van der Waals surface area contributed by atoms with Gasteiger partial charge in [0, 0.05) is 62.2 Å². The third kappa shape index (κ3) is 9.97. The molecule has 22 nitrogen and oxygen atoms in total. The molecule has 0 aromatic heterocycles. The Balaban J connectivity index is 1.24. The number of nitrogens with one attached hydrogen (secondary N) is 2. The molecule has 53 heavy (non-hydrogen) atoms. The van der Waals surface area contributed by atoms with E-state index in [1.807, 2.05) is 0 Å². The number of nitrogens with two attached hydrogens (primary N) is 8. The minimum atomic E-state index is -1.38. The van der Waals surface area contributed by atoms with Gasteiger partial charge in [0.2, 0.25) is 11.8 Å². The maximum absolute atomic E-state index is 12.7. The van der Waals surface area contributed by atoms with E-state index in [1.165, 1.54) is 0 Å². The van der Waals surface area contributed by atoms with E-state index in [2.05, 4.69) is 10.6 Å². The summed E-state index contributed by atoms with van der Waals surface area (Å²) in [5.74, 6) is -2.67. The summed E-state index contributed by atoms with van der Waals surface area (Å²) in [6, 6.07) is -5.09. The SMILES string of the molecule is NC[C@H]1O[C@H]([C@H]2[C@H](OCC(=O)NCCCNC(=O)CO[C@@H]3[C@@H](O)[C@H](N)C[C@H](N)[C@H]3[C@H]3O[C@H](CN)[C@@H](O)[C@H](O)[C@H]3N)[C@@H](O)[C@H](N)C[C@@H]2N)[C@H](N)[C@@H](O)[C@@H]1O. The van der Waals surface area contributed by atoms with Crippen LogP contribution in [0.2, 0.25) is 0 Å². The molecule has 4 aliphatic rings. The zero-order valence-electron chi connectivity index (χ0n) is 29.7. The highest BCUT2D eigenvalue weighted by molar-refractivity contribution is 5.77. The van der Waals surface area contributed by atoms with Gasteiger partial charge in [-0.15, -0.1) is 0 Å². The van der Waals surface area contributed by atoms with E-state index in [0.717, 1.165) is 0 Å². The number of aliphatic hydroxyl groups is 6. The van der Waals surface area contributed by atoms with E-state index in [1.54, 1.807) is 0 Å². The Morgan fingerprint density at radius 1 is 0.566 bits per heavy atom. The van der Waals surface area contributed by atoms with Crippen LogP contribution in [-0.4, -0.2) is 191 Å². The first-order valence-corrected chi connectivity index (χ1v) is 18.1. The standard InChI is InChI=1S/C31H62N10O12/c32-6-14-24(46)26(48)20(38)28(52-14)18-10(34)4-12(36)22(44)30(18)50-8-16(42)40-2-1-3-41-17(43)9-51-31-19(11(35)5-13(37)23(31)45)29-21(39)27(49)25(47)15(7-33)53-29/h10-15,18-31,44-49H,1-9,32-39H2,(H,40,42)(H,41,43)/t10-,11-,12+,13+,14+,15+,18-,19-,20+,21+,22-,23-,24+,25+,26+,27+,28+,29+,30-,31-/m0/s1. The molecule has 22 heteroatoms. The average Bonchev–Trinajstić information content (AvgIpc) is 3.12. The maximum Gasteiger partial charge on any atom is 0.246 e. The first-order valence-electron chi connectivity index (χ1n) is 18.1. The van der Waals surface area contributed by atoms with Crippen LogP contribution in [0.3, 0.4) is 0 Å². The van der Waals surface area contributed by atoms with Crippen LogP contribution < -0.4 is 56.5 Å². The second-order valence-electron chi connectivity index (χ2n) is 14.7. The fourth-order valence-electron chi connectivity index (χ4n) is 8.04. The molecule has 0 aromatic carbocycles. The Labute approximate surface area is 307 Å². The van der Waals surface area contributed by atoms with Crippen LogP contribution in [0.25, 0.3) is 0 Å². The lowest BCUT2D eigenvalue weighted by Gasteiger charge is -2.50. The summed E-state index contributed by atoms with van der Waals surface area (Å²) in [7, 11) is 0. The molecule has 24 N–H and O–H groups in total. The Morgan fingerprint density at radius 2 is 0.925 bits per heavy atom. The van der Waals surface area contributed by atoms with Crippen LogP contribution in [0, 0.1) is 11.8 Å². The second kappa shape index (κ2) is 19.4. The number of carbonyl (C=O) groups is 2. The first-order chi connectivity index (χ1) is 25.0. The Bertz CT molecular complexity index is 1100. The summed E-state index contributed by atoms with van der Waals surface area (Å²) in [5.41, 5.74) is 48.8. The molecular formula is C31H62N10O12. The van der Waals surface area contributed by atoms with Crippen LogP contribution in [0.4, 0.5) is 0 Å². The predicted octanol–water partition coefficient (Wildman–Crippen LogP) is -10.00. The zero-order valence-corrected chi connectivity index (χ0v) is 29.7. The number of amides is 2. The van der Waals surface area contributed by atoms with E-state index >= 15 is 0 Å². The van der Waals surface area contributed by atoms with E-state index in [-0.39, 0.29) is 39.0 Å². The monoisotopic (exact) mass is 766 g/mol. The Kier molecular flexibility index (Phi) is 16.1. The lowest BCUT2D eigenvalue weighted by atomic mass is 9.71. The highest BCUT2D eigenvalue weighted by Gasteiger charge is 2.54. The molecule has 20 atom stereocenters. The van der Waals surface area contributed by atoms with Gasteiger partial charge in [-0.25, -0.2) is 0 Å². The molecule has 2 saturated heterocycles. The minimum Gasteiger partial charge on any atom is -0.389 e. The zero-order chi connectivity index (χ0) is 39.3. The quantitative estimate of drug-likeness (QED) is 0.0730. The number of aliphatic hydroxyl groups excluding tert-OH is 6. The first kappa shape index (κ1) is 43.9. The molecule has 308 valence electrons. The van der Waals surface area contributed by atoms with Crippen LogP contribution in [-0.2, 0) is 28.5 Å². The van der Waals surface area contributed by atoms with Crippen LogP contribution in [0.1, 0.15) is 19.3 Å². The molecule has 4 rings (SSSR count). The maximum atomic E-state index is 12.7. The van der Waals surface area contributed by atoms with E-state index in [0.29, 0.717) is 6.42 Å². The average molecular weight is 767 g/mol. The largest absolute Gasteiger partial charge is 0.389 e. The van der Waals surface area contributed by atoms with Gasteiger partial charge in [0.1, 0.15) is 37.6 Å².